The maximum Gasteiger partial charge on any atom is 0.131 e. The van der Waals surface area contributed by atoms with Crippen LogP contribution in [0.2, 0.25) is 0 Å². The number of fused-ring (bicyclic) bond motifs is 1. The molecule has 3 aliphatic rings. The Balaban J connectivity index is 1.90. The summed E-state index contributed by atoms with van der Waals surface area (Å²) in [6, 6.07) is 0.148. The molecule has 5 heteroatoms. The Bertz CT molecular complexity index is 403. The van der Waals surface area contributed by atoms with E-state index >= 15 is 0 Å². The minimum atomic E-state index is -1.01. The number of halogens is 1. The first kappa shape index (κ1) is 14.6. The smallest absolute Gasteiger partial charge is 0.131 e. The molecule has 0 aromatic heterocycles. The molecule has 0 saturated heterocycles. The minimum absolute atomic E-state index is 0.0574. The van der Waals surface area contributed by atoms with Crippen LogP contribution in [0, 0.1) is 11.8 Å². The van der Waals surface area contributed by atoms with Gasteiger partial charge in [0.2, 0.25) is 0 Å². The molecule has 2 aliphatic carbocycles. The fourth-order valence-electron chi connectivity index (χ4n) is 4.55. The summed E-state index contributed by atoms with van der Waals surface area (Å²) >= 11 is 6.33. The number of nitrogens with two attached hydrogens (primary N) is 1. The molecule has 3 N–H and O–H groups in total. The van der Waals surface area contributed by atoms with Gasteiger partial charge in [-0.1, -0.05) is 12.8 Å². The number of ether oxygens (including phenoxy) is 1. The number of amidine groups is 1. The summed E-state index contributed by atoms with van der Waals surface area (Å²) in [7, 11) is 1.73. The molecule has 0 bridgehead atoms. The minimum Gasteiger partial charge on any atom is -0.385 e. The van der Waals surface area contributed by atoms with E-state index in [2.05, 4.69) is 4.99 Å². The Morgan fingerprint density at radius 3 is 2.75 bits per heavy atom. The van der Waals surface area contributed by atoms with Gasteiger partial charge in [-0.3, -0.25) is 4.99 Å². The summed E-state index contributed by atoms with van der Waals surface area (Å²) in [5.41, 5.74) is 5.15. The van der Waals surface area contributed by atoms with Crippen LogP contribution in [0.4, 0.5) is 0 Å². The zero-order valence-corrected chi connectivity index (χ0v) is 12.9. The number of alkyl halides is 1. The van der Waals surface area contributed by atoms with Gasteiger partial charge >= 0.3 is 0 Å². The molecule has 6 atom stereocenters. The fourth-order valence-corrected chi connectivity index (χ4v) is 4.87. The third-order valence-corrected chi connectivity index (χ3v) is 6.00. The van der Waals surface area contributed by atoms with Gasteiger partial charge in [0.05, 0.1) is 12.1 Å². The van der Waals surface area contributed by atoms with E-state index < -0.39 is 5.60 Å². The standard InChI is InChI=1S/C15H25ClN2O2/c1-20-13-5-3-2-4-10(13)15(19)11-8-9(16)6-7-12(11)18-14(15)17/h9-13,19H,2-8H2,1H3,(H2,17,18). The van der Waals surface area contributed by atoms with Crippen molar-refractivity contribution in [3.63, 3.8) is 0 Å². The Labute approximate surface area is 125 Å². The normalized spacial score (nSPS) is 48.8. The van der Waals surface area contributed by atoms with Gasteiger partial charge in [-0.2, -0.15) is 0 Å². The van der Waals surface area contributed by atoms with Crippen LogP contribution in [0.5, 0.6) is 0 Å². The molecular formula is C15H25ClN2O2. The third-order valence-electron chi connectivity index (χ3n) is 5.60. The van der Waals surface area contributed by atoms with E-state index in [1.807, 2.05) is 0 Å². The highest BCUT2D eigenvalue weighted by Crippen LogP contribution is 2.48. The van der Waals surface area contributed by atoms with Crippen molar-refractivity contribution in [2.45, 2.75) is 68.1 Å². The average molecular weight is 301 g/mol. The predicted octanol–water partition coefficient (Wildman–Crippen LogP) is 2.07. The van der Waals surface area contributed by atoms with Gasteiger partial charge in [-0.15, -0.1) is 11.6 Å². The van der Waals surface area contributed by atoms with Gasteiger partial charge in [0, 0.05) is 24.3 Å². The Kier molecular flexibility index (Phi) is 3.99. The summed E-state index contributed by atoms with van der Waals surface area (Å²) in [4.78, 5) is 4.57. The molecule has 114 valence electrons. The Morgan fingerprint density at radius 1 is 1.25 bits per heavy atom. The van der Waals surface area contributed by atoms with E-state index in [1.54, 1.807) is 7.11 Å². The van der Waals surface area contributed by atoms with Crippen molar-refractivity contribution in [2.24, 2.45) is 22.6 Å². The third kappa shape index (κ3) is 2.16. The second kappa shape index (κ2) is 5.47. The number of aliphatic hydroxyl groups is 1. The number of hydrogen-bond donors (Lipinski definition) is 2. The van der Waals surface area contributed by atoms with E-state index in [0.717, 1.165) is 44.9 Å². The summed E-state index contributed by atoms with van der Waals surface area (Å²) in [6.07, 6.45) is 7.03. The summed E-state index contributed by atoms with van der Waals surface area (Å²) in [5, 5.41) is 11.5. The van der Waals surface area contributed by atoms with Crippen molar-refractivity contribution < 1.29 is 9.84 Å². The van der Waals surface area contributed by atoms with Crippen LogP contribution in [0.1, 0.15) is 44.9 Å². The largest absolute Gasteiger partial charge is 0.385 e. The number of rotatable bonds is 2. The van der Waals surface area contributed by atoms with E-state index in [4.69, 9.17) is 22.1 Å². The molecule has 0 aromatic rings. The first-order chi connectivity index (χ1) is 9.57. The van der Waals surface area contributed by atoms with Crippen LogP contribution in [0.25, 0.3) is 0 Å². The quantitative estimate of drug-likeness (QED) is 0.767. The van der Waals surface area contributed by atoms with Crippen molar-refractivity contribution in [1.82, 2.24) is 0 Å². The zero-order chi connectivity index (χ0) is 14.3. The van der Waals surface area contributed by atoms with E-state index in [0.29, 0.717) is 5.84 Å². The van der Waals surface area contributed by atoms with Crippen LogP contribution in [0.3, 0.4) is 0 Å². The summed E-state index contributed by atoms with van der Waals surface area (Å²) < 4.78 is 5.63. The lowest BCUT2D eigenvalue weighted by Gasteiger charge is -2.45. The van der Waals surface area contributed by atoms with Crippen molar-refractivity contribution in [1.29, 1.82) is 0 Å². The van der Waals surface area contributed by atoms with Gasteiger partial charge in [0.15, 0.2) is 0 Å². The van der Waals surface area contributed by atoms with Crippen LogP contribution < -0.4 is 5.73 Å². The van der Waals surface area contributed by atoms with Crippen LogP contribution in [0.15, 0.2) is 4.99 Å². The highest BCUT2D eigenvalue weighted by Gasteiger charge is 2.57. The molecule has 2 saturated carbocycles. The molecule has 4 nitrogen and oxygen atoms in total. The molecule has 3 rings (SSSR count). The summed E-state index contributed by atoms with van der Waals surface area (Å²) in [6.45, 7) is 0. The number of nitrogens with zero attached hydrogens (tertiary/aromatic N) is 1. The zero-order valence-electron chi connectivity index (χ0n) is 12.1. The van der Waals surface area contributed by atoms with Gasteiger partial charge in [0.1, 0.15) is 11.4 Å². The van der Waals surface area contributed by atoms with Crippen LogP contribution in [-0.2, 0) is 4.74 Å². The molecule has 0 aromatic carbocycles. The van der Waals surface area contributed by atoms with Crippen molar-refractivity contribution in [3.05, 3.63) is 0 Å². The lowest BCUT2D eigenvalue weighted by molar-refractivity contribution is -0.0933. The molecule has 0 amide bonds. The second-order valence-electron chi connectivity index (χ2n) is 6.59. The summed E-state index contributed by atoms with van der Waals surface area (Å²) in [5.74, 6) is 0.550. The average Bonchev–Trinajstić information content (AvgIpc) is 2.72. The highest BCUT2D eigenvalue weighted by molar-refractivity contribution is 6.20. The maximum atomic E-state index is 11.4. The molecule has 2 fully saturated rings. The Hall–Kier alpha value is -0.320. The SMILES string of the molecule is COC1CCCCC1C1(O)C(N)=NC2CCC(Cl)CC21. The van der Waals surface area contributed by atoms with E-state index in [1.165, 1.54) is 0 Å². The van der Waals surface area contributed by atoms with Crippen LogP contribution >= 0.6 is 11.6 Å². The molecule has 0 radical (unpaired) electrons. The number of aliphatic imine (C=N–C) groups is 1. The van der Waals surface area contributed by atoms with Crippen LogP contribution in [-0.4, -0.2) is 41.2 Å². The number of hydrogen-bond acceptors (Lipinski definition) is 4. The van der Waals surface area contributed by atoms with Gasteiger partial charge < -0.3 is 15.6 Å². The van der Waals surface area contributed by atoms with Gasteiger partial charge in [-0.25, -0.2) is 0 Å². The van der Waals surface area contributed by atoms with Gasteiger partial charge in [0.25, 0.3) is 0 Å². The molecule has 1 heterocycles. The van der Waals surface area contributed by atoms with Gasteiger partial charge in [-0.05, 0) is 32.1 Å². The lowest BCUT2D eigenvalue weighted by Crippen LogP contribution is -2.58. The van der Waals surface area contributed by atoms with E-state index in [-0.39, 0.29) is 29.4 Å². The number of methoxy groups -OCH3 is 1. The second-order valence-corrected chi connectivity index (χ2v) is 7.21. The molecule has 0 spiro atoms. The molecule has 6 unspecified atom stereocenters. The van der Waals surface area contributed by atoms with Crippen molar-refractivity contribution in [2.75, 3.05) is 7.11 Å². The highest BCUT2D eigenvalue weighted by atomic mass is 35.5. The fraction of sp³-hybridized carbons (Fsp3) is 0.933. The predicted molar refractivity (Wildman–Crippen MR) is 80.1 cm³/mol. The molecular weight excluding hydrogens is 276 g/mol. The lowest BCUT2D eigenvalue weighted by atomic mass is 9.65. The first-order valence-corrected chi connectivity index (χ1v) is 8.24. The topological polar surface area (TPSA) is 67.8 Å². The molecule has 1 aliphatic heterocycles. The monoisotopic (exact) mass is 300 g/mol. The van der Waals surface area contributed by atoms with E-state index in [9.17, 15) is 5.11 Å². The maximum absolute atomic E-state index is 11.4. The van der Waals surface area contributed by atoms with Crippen molar-refractivity contribution >= 4 is 17.4 Å². The Morgan fingerprint density at radius 2 is 2.00 bits per heavy atom. The first-order valence-electron chi connectivity index (χ1n) is 7.80. The molecule has 20 heavy (non-hydrogen) atoms. The van der Waals surface area contributed by atoms with Crippen molar-refractivity contribution in [3.8, 4) is 0 Å².